The summed E-state index contributed by atoms with van der Waals surface area (Å²) in [6.07, 6.45) is 1.58. The van der Waals surface area contributed by atoms with Crippen LogP contribution in [0.4, 0.5) is 5.13 Å². The van der Waals surface area contributed by atoms with Crippen LogP contribution >= 0.6 is 11.3 Å². The zero-order chi connectivity index (χ0) is 22.7. The molecule has 0 radical (unpaired) electrons. The molecule has 0 aliphatic carbocycles. The van der Waals surface area contributed by atoms with Crippen LogP contribution in [0.25, 0.3) is 22.0 Å². The maximum atomic E-state index is 13.1. The number of fused-ring (bicyclic) bond motifs is 1. The first-order valence-corrected chi connectivity index (χ1v) is 10.6. The molecule has 32 heavy (non-hydrogen) atoms. The Morgan fingerprint density at radius 2 is 1.78 bits per heavy atom. The quantitative estimate of drug-likeness (QED) is 0.440. The highest BCUT2D eigenvalue weighted by atomic mass is 32.1. The molecule has 9 heteroatoms. The second-order valence-electron chi connectivity index (χ2n) is 6.90. The van der Waals surface area contributed by atoms with Crippen molar-refractivity contribution in [3.05, 3.63) is 88.7 Å². The SMILES string of the molecule is C=CCN(C(=O)Cn1nc(C(N)=O)c2ccccc2c1=O)c1nc(-c2ccccc2)cs1. The van der Waals surface area contributed by atoms with Crippen molar-refractivity contribution in [2.75, 3.05) is 11.4 Å². The lowest BCUT2D eigenvalue weighted by Gasteiger charge is -2.18. The van der Waals surface area contributed by atoms with Crippen molar-refractivity contribution in [2.24, 2.45) is 5.73 Å². The van der Waals surface area contributed by atoms with Crippen LogP contribution in [0.2, 0.25) is 0 Å². The van der Waals surface area contributed by atoms with Gasteiger partial charge < -0.3 is 5.73 Å². The second-order valence-corrected chi connectivity index (χ2v) is 7.73. The molecule has 8 nitrogen and oxygen atoms in total. The molecule has 0 saturated heterocycles. The number of nitrogens with two attached hydrogens (primary N) is 1. The number of amides is 2. The molecule has 0 bridgehead atoms. The fourth-order valence-corrected chi connectivity index (χ4v) is 4.14. The van der Waals surface area contributed by atoms with E-state index in [2.05, 4.69) is 16.7 Å². The lowest BCUT2D eigenvalue weighted by atomic mass is 10.1. The summed E-state index contributed by atoms with van der Waals surface area (Å²) in [4.78, 5) is 43.9. The maximum absolute atomic E-state index is 13.1. The predicted octanol–water partition coefficient (Wildman–Crippen LogP) is 2.84. The molecule has 0 aliphatic rings. The Bertz CT molecular complexity index is 1380. The third-order valence-corrected chi connectivity index (χ3v) is 5.66. The molecule has 0 saturated carbocycles. The molecule has 2 aromatic carbocycles. The lowest BCUT2D eigenvalue weighted by molar-refractivity contribution is -0.119. The van der Waals surface area contributed by atoms with E-state index in [9.17, 15) is 14.4 Å². The van der Waals surface area contributed by atoms with Gasteiger partial charge in [-0.1, -0.05) is 54.6 Å². The van der Waals surface area contributed by atoms with Gasteiger partial charge in [-0.3, -0.25) is 19.3 Å². The van der Waals surface area contributed by atoms with Gasteiger partial charge in [0, 0.05) is 22.9 Å². The minimum Gasteiger partial charge on any atom is -0.364 e. The summed E-state index contributed by atoms with van der Waals surface area (Å²) in [6, 6.07) is 16.1. The van der Waals surface area contributed by atoms with Crippen LogP contribution in [0.5, 0.6) is 0 Å². The van der Waals surface area contributed by atoms with E-state index in [0.717, 1.165) is 15.9 Å². The number of hydrogen-bond donors (Lipinski definition) is 1. The normalized spacial score (nSPS) is 10.8. The van der Waals surface area contributed by atoms with Crippen LogP contribution in [-0.2, 0) is 11.3 Å². The Morgan fingerprint density at radius 3 is 2.47 bits per heavy atom. The third-order valence-electron chi connectivity index (χ3n) is 4.79. The van der Waals surface area contributed by atoms with E-state index in [-0.39, 0.29) is 24.2 Å². The number of anilines is 1. The number of carbonyl (C=O) groups excluding carboxylic acids is 2. The maximum Gasteiger partial charge on any atom is 0.275 e. The zero-order valence-corrected chi connectivity index (χ0v) is 17.8. The van der Waals surface area contributed by atoms with Gasteiger partial charge in [0.25, 0.3) is 17.4 Å². The van der Waals surface area contributed by atoms with Crippen molar-refractivity contribution in [2.45, 2.75) is 6.54 Å². The van der Waals surface area contributed by atoms with Gasteiger partial charge in [-0.05, 0) is 6.07 Å². The van der Waals surface area contributed by atoms with E-state index in [1.165, 1.54) is 16.2 Å². The summed E-state index contributed by atoms with van der Waals surface area (Å²) in [7, 11) is 0. The molecule has 2 aromatic heterocycles. The van der Waals surface area contributed by atoms with Gasteiger partial charge in [0.05, 0.1) is 11.1 Å². The number of nitrogens with zero attached hydrogens (tertiary/aromatic N) is 4. The molecule has 0 unspecified atom stereocenters. The highest BCUT2D eigenvalue weighted by molar-refractivity contribution is 7.14. The molecular weight excluding hydrogens is 426 g/mol. The standard InChI is InChI=1S/C23H19N5O3S/c1-2-12-27(23-25-18(14-32-23)15-8-4-3-5-9-15)19(29)13-28-22(31)17-11-7-6-10-16(17)20(26-28)21(24)30/h2-11,14H,1,12-13H2,(H2,24,30). The van der Waals surface area contributed by atoms with E-state index in [4.69, 9.17) is 5.73 Å². The minimum absolute atomic E-state index is 0.0658. The Labute approximate surface area is 187 Å². The number of thiazole rings is 1. The molecule has 0 aliphatic heterocycles. The Balaban J connectivity index is 1.69. The summed E-state index contributed by atoms with van der Waals surface area (Å²) < 4.78 is 0.965. The van der Waals surface area contributed by atoms with Crippen molar-refractivity contribution < 1.29 is 9.59 Å². The summed E-state index contributed by atoms with van der Waals surface area (Å²) in [5, 5.41) is 7.01. The first-order valence-electron chi connectivity index (χ1n) is 9.71. The molecule has 2 amide bonds. The van der Waals surface area contributed by atoms with E-state index in [1.54, 1.807) is 30.3 Å². The van der Waals surface area contributed by atoms with Gasteiger partial charge in [-0.2, -0.15) is 5.10 Å². The van der Waals surface area contributed by atoms with Gasteiger partial charge in [-0.25, -0.2) is 9.67 Å². The number of carbonyl (C=O) groups is 2. The minimum atomic E-state index is -0.780. The average Bonchev–Trinajstić information content (AvgIpc) is 3.29. The van der Waals surface area contributed by atoms with Gasteiger partial charge in [0.15, 0.2) is 10.8 Å². The van der Waals surface area contributed by atoms with Crippen LogP contribution in [0, 0.1) is 0 Å². The molecule has 4 aromatic rings. The molecule has 4 rings (SSSR count). The fraction of sp³-hybridized carbons (Fsp3) is 0.0870. The summed E-state index contributed by atoms with van der Waals surface area (Å²) >= 11 is 1.31. The number of benzene rings is 2. The number of hydrogen-bond acceptors (Lipinski definition) is 6. The van der Waals surface area contributed by atoms with Crippen LogP contribution in [-0.4, -0.2) is 33.1 Å². The average molecular weight is 446 g/mol. The largest absolute Gasteiger partial charge is 0.364 e. The summed E-state index contributed by atoms with van der Waals surface area (Å²) in [6.45, 7) is 3.54. The summed E-state index contributed by atoms with van der Waals surface area (Å²) in [5.41, 5.74) is 6.57. The van der Waals surface area contributed by atoms with Crippen molar-refractivity contribution in [3.63, 3.8) is 0 Å². The van der Waals surface area contributed by atoms with Gasteiger partial charge >= 0.3 is 0 Å². The monoisotopic (exact) mass is 445 g/mol. The fourth-order valence-electron chi connectivity index (χ4n) is 3.28. The van der Waals surface area contributed by atoms with Gasteiger partial charge in [-0.15, -0.1) is 17.9 Å². The van der Waals surface area contributed by atoms with E-state index >= 15 is 0 Å². The van der Waals surface area contributed by atoms with Crippen LogP contribution in [0.3, 0.4) is 0 Å². The first kappa shape index (κ1) is 21.1. The van der Waals surface area contributed by atoms with Gasteiger partial charge in [0.1, 0.15) is 6.54 Å². The number of primary amides is 1. The summed E-state index contributed by atoms with van der Waals surface area (Å²) in [5.74, 6) is -1.20. The molecule has 2 N–H and O–H groups in total. The van der Waals surface area contributed by atoms with E-state index in [1.807, 2.05) is 35.7 Å². The highest BCUT2D eigenvalue weighted by Crippen LogP contribution is 2.27. The smallest absolute Gasteiger partial charge is 0.275 e. The van der Waals surface area contributed by atoms with E-state index < -0.39 is 17.4 Å². The Kier molecular flexibility index (Phi) is 5.91. The Hall–Kier alpha value is -4.11. The molecule has 0 spiro atoms. The van der Waals surface area contributed by atoms with Crippen molar-refractivity contribution in [1.82, 2.24) is 14.8 Å². The van der Waals surface area contributed by atoms with Crippen LogP contribution in [0.1, 0.15) is 10.5 Å². The van der Waals surface area contributed by atoms with Crippen molar-refractivity contribution in [3.8, 4) is 11.3 Å². The van der Waals surface area contributed by atoms with E-state index in [0.29, 0.717) is 10.5 Å². The van der Waals surface area contributed by atoms with Crippen molar-refractivity contribution in [1.29, 1.82) is 0 Å². The van der Waals surface area contributed by atoms with Crippen LogP contribution < -0.4 is 16.2 Å². The highest BCUT2D eigenvalue weighted by Gasteiger charge is 2.22. The molecule has 2 heterocycles. The number of rotatable bonds is 7. The number of aromatic nitrogens is 3. The first-order chi connectivity index (χ1) is 15.5. The lowest BCUT2D eigenvalue weighted by Crippen LogP contribution is -2.38. The molecule has 0 fully saturated rings. The molecule has 0 atom stereocenters. The van der Waals surface area contributed by atoms with Crippen molar-refractivity contribution >= 4 is 39.1 Å². The zero-order valence-electron chi connectivity index (χ0n) is 17.0. The van der Waals surface area contributed by atoms with Crippen LogP contribution in [0.15, 0.2) is 77.4 Å². The molecular formula is C23H19N5O3S. The third kappa shape index (κ3) is 4.06. The Morgan fingerprint density at radius 1 is 1.09 bits per heavy atom. The molecule has 160 valence electrons. The predicted molar refractivity (Wildman–Crippen MR) is 125 cm³/mol. The topological polar surface area (TPSA) is 111 Å². The second kappa shape index (κ2) is 8.94. The van der Waals surface area contributed by atoms with Gasteiger partial charge in [0.2, 0.25) is 0 Å².